The van der Waals surface area contributed by atoms with E-state index in [0.29, 0.717) is 9.04 Å². The fourth-order valence-corrected chi connectivity index (χ4v) is 4.97. The zero-order valence-corrected chi connectivity index (χ0v) is 16.7. The molecule has 18 heavy (non-hydrogen) atoms. The molecular formula is C16H38Si2. The highest BCUT2D eigenvalue weighted by molar-refractivity contribution is 6.89. The van der Waals surface area contributed by atoms with Crippen molar-refractivity contribution in [1.82, 2.24) is 0 Å². The van der Waals surface area contributed by atoms with E-state index < -0.39 is 0 Å². The van der Waals surface area contributed by atoms with Crippen molar-refractivity contribution in [2.45, 2.75) is 103 Å². The third kappa shape index (κ3) is 16.4. The van der Waals surface area contributed by atoms with Gasteiger partial charge in [0.25, 0.3) is 0 Å². The van der Waals surface area contributed by atoms with E-state index in [4.69, 9.17) is 0 Å². The Hall–Kier alpha value is 0.434. The minimum Gasteiger partial charge on any atom is -0.0655 e. The van der Waals surface area contributed by atoms with Crippen LogP contribution < -0.4 is 0 Å². The lowest BCUT2D eigenvalue weighted by atomic mass is 10.0. The average molecular weight is 287 g/mol. The normalized spacial score (nSPS) is 11.8. The number of hydrogen-bond acceptors (Lipinski definition) is 0. The summed E-state index contributed by atoms with van der Waals surface area (Å²) in [5.41, 5.74) is 0. The molecule has 0 saturated heterocycles. The van der Waals surface area contributed by atoms with Gasteiger partial charge in [0.2, 0.25) is 0 Å². The minimum atomic E-state index is 0.491. The van der Waals surface area contributed by atoms with E-state index in [1.807, 2.05) is 0 Å². The Morgan fingerprint density at radius 3 is 1.22 bits per heavy atom. The third-order valence-corrected chi connectivity index (χ3v) is 7.29. The molecular weight excluding hydrogens is 248 g/mol. The molecule has 0 atom stereocenters. The topological polar surface area (TPSA) is 0 Å². The molecule has 0 aliphatic rings. The smallest absolute Gasteiger partial charge is 0.00412 e. The standard InChI is InChI=1S/C16H38Si2/c1-2-3-4-5-6-7-8-9-10-11-12-13-14-15-16-18-17/h2-16,18H2,1,17H3. The van der Waals surface area contributed by atoms with Gasteiger partial charge in [-0.3, -0.25) is 0 Å². The molecule has 0 aromatic carbocycles. The molecule has 0 spiro atoms. The highest BCUT2D eigenvalue weighted by Crippen LogP contribution is 2.13. The first-order valence-electron chi connectivity index (χ1n) is 8.91. The van der Waals surface area contributed by atoms with Crippen molar-refractivity contribution >= 4 is 18.8 Å². The summed E-state index contributed by atoms with van der Waals surface area (Å²) in [7, 11) is 2.04. The van der Waals surface area contributed by atoms with Gasteiger partial charge in [0.15, 0.2) is 0 Å². The van der Waals surface area contributed by atoms with Crippen LogP contribution in [0, 0.1) is 0 Å². The van der Waals surface area contributed by atoms with Gasteiger partial charge < -0.3 is 0 Å². The van der Waals surface area contributed by atoms with E-state index in [9.17, 15) is 0 Å². The first kappa shape index (κ1) is 18.4. The second kappa shape index (κ2) is 17.4. The Labute approximate surface area is 122 Å². The van der Waals surface area contributed by atoms with Crippen LogP contribution in [-0.2, 0) is 0 Å². The molecule has 0 heterocycles. The fourth-order valence-electron chi connectivity index (χ4n) is 2.62. The molecule has 0 saturated carbocycles. The maximum Gasteiger partial charge on any atom is 0.00412 e. The van der Waals surface area contributed by atoms with Gasteiger partial charge in [-0.15, -0.1) is 0 Å². The van der Waals surface area contributed by atoms with Gasteiger partial charge in [0, 0.05) is 9.04 Å². The predicted molar refractivity (Wildman–Crippen MR) is 93.6 cm³/mol. The molecule has 0 nitrogen and oxygen atoms in total. The number of hydrogen-bond donors (Lipinski definition) is 0. The summed E-state index contributed by atoms with van der Waals surface area (Å²) in [4.78, 5) is 0. The zero-order chi connectivity index (χ0) is 13.3. The van der Waals surface area contributed by atoms with Gasteiger partial charge in [-0.05, 0) is 9.76 Å². The van der Waals surface area contributed by atoms with Crippen molar-refractivity contribution in [2.75, 3.05) is 0 Å². The minimum absolute atomic E-state index is 0.491. The lowest BCUT2D eigenvalue weighted by Crippen LogP contribution is -1.87. The molecule has 0 N–H and O–H groups in total. The van der Waals surface area contributed by atoms with Crippen LogP contribution in [0.1, 0.15) is 96.8 Å². The fraction of sp³-hybridized carbons (Fsp3) is 1.00. The molecule has 0 radical (unpaired) electrons. The summed E-state index contributed by atoms with van der Waals surface area (Å²) in [6.45, 7) is 2.30. The monoisotopic (exact) mass is 286 g/mol. The second-order valence-electron chi connectivity index (χ2n) is 5.95. The van der Waals surface area contributed by atoms with Crippen LogP contribution in [0.2, 0.25) is 6.04 Å². The molecule has 0 bridgehead atoms. The van der Waals surface area contributed by atoms with E-state index in [-0.39, 0.29) is 0 Å². The van der Waals surface area contributed by atoms with Crippen LogP contribution in [0.25, 0.3) is 0 Å². The van der Waals surface area contributed by atoms with Crippen LogP contribution in [-0.4, -0.2) is 18.8 Å². The number of unbranched alkanes of at least 4 members (excludes halogenated alkanes) is 13. The quantitative estimate of drug-likeness (QED) is 0.310. The van der Waals surface area contributed by atoms with Gasteiger partial charge in [-0.1, -0.05) is 103 Å². The molecule has 0 rings (SSSR count). The highest BCUT2D eigenvalue weighted by atomic mass is 29.1. The van der Waals surface area contributed by atoms with Gasteiger partial charge in [0.05, 0.1) is 0 Å². The van der Waals surface area contributed by atoms with Gasteiger partial charge in [-0.25, -0.2) is 0 Å². The molecule has 0 aliphatic carbocycles. The number of rotatable bonds is 15. The van der Waals surface area contributed by atoms with Crippen LogP contribution in [0.15, 0.2) is 0 Å². The Balaban J connectivity index is 2.86. The Kier molecular flexibility index (Phi) is 17.9. The van der Waals surface area contributed by atoms with E-state index in [1.165, 1.54) is 83.5 Å². The molecule has 0 aromatic heterocycles. The Morgan fingerprint density at radius 1 is 0.556 bits per heavy atom. The zero-order valence-electron chi connectivity index (χ0n) is 13.3. The molecule has 0 aliphatic heterocycles. The molecule has 0 amide bonds. The van der Waals surface area contributed by atoms with E-state index in [0.717, 1.165) is 0 Å². The first-order chi connectivity index (χ1) is 8.91. The van der Waals surface area contributed by atoms with Crippen molar-refractivity contribution in [3.05, 3.63) is 0 Å². The van der Waals surface area contributed by atoms with Crippen molar-refractivity contribution < 1.29 is 0 Å². The second-order valence-corrected chi connectivity index (χ2v) is 10.7. The summed E-state index contributed by atoms with van der Waals surface area (Å²) in [5, 5.41) is 0. The Bertz CT molecular complexity index is 121. The van der Waals surface area contributed by atoms with E-state index >= 15 is 0 Å². The van der Waals surface area contributed by atoms with Gasteiger partial charge >= 0.3 is 0 Å². The SMILES string of the molecule is CCCCCCCCCCCCCCCC[SiH2][SiH3]. The maximum absolute atomic E-state index is 2.30. The van der Waals surface area contributed by atoms with Crippen LogP contribution in [0.3, 0.4) is 0 Å². The van der Waals surface area contributed by atoms with Crippen LogP contribution in [0.4, 0.5) is 0 Å². The van der Waals surface area contributed by atoms with Crippen LogP contribution in [0.5, 0.6) is 0 Å². The van der Waals surface area contributed by atoms with Gasteiger partial charge in [-0.2, -0.15) is 0 Å². The Morgan fingerprint density at radius 2 is 0.889 bits per heavy atom. The predicted octanol–water partition coefficient (Wildman–Crippen LogP) is 4.34. The van der Waals surface area contributed by atoms with Crippen molar-refractivity contribution in [3.8, 4) is 0 Å². The molecule has 0 fully saturated rings. The molecule has 0 aromatic rings. The van der Waals surface area contributed by atoms with Crippen molar-refractivity contribution in [2.24, 2.45) is 0 Å². The summed E-state index contributed by atoms with van der Waals surface area (Å²) in [6, 6.07) is 1.64. The first-order valence-corrected chi connectivity index (χ1v) is 15.6. The molecule has 110 valence electrons. The average Bonchev–Trinajstić information content (AvgIpc) is 2.39. The summed E-state index contributed by atoms with van der Waals surface area (Å²) in [5.74, 6) is 0. The largest absolute Gasteiger partial charge is 0.0655 e. The molecule has 0 unspecified atom stereocenters. The summed E-state index contributed by atoms with van der Waals surface area (Å²) >= 11 is 0. The highest BCUT2D eigenvalue weighted by Gasteiger charge is 1.93. The maximum atomic E-state index is 2.30. The van der Waals surface area contributed by atoms with E-state index in [2.05, 4.69) is 6.92 Å². The summed E-state index contributed by atoms with van der Waals surface area (Å²) in [6.07, 6.45) is 20.9. The van der Waals surface area contributed by atoms with Gasteiger partial charge in [0.1, 0.15) is 0 Å². The lowest BCUT2D eigenvalue weighted by molar-refractivity contribution is 0.538. The van der Waals surface area contributed by atoms with E-state index in [1.54, 1.807) is 22.2 Å². The summed E-state index contributed by atoms with van der Waals surface area (Å²) < 4.78 is 0. The lowest BCUT2D eigenvalue weighted by Gasteiger charge is -2.02. The van der Waals surface area contributed by atoms with Crippen molar-refractivity contribution in [3.63, 3.8) is 0 Å². The third-order valence-electron chi connectivity index (χ3n) is 3.96. The van der Waals surface area contributed by atoms with Crippen molar-refractivity contribution in [1.29, 1.82) is 0 Å². The molecule has 2 heteroatoms. The van der Waals surface area contributed by atoms with Crippen LogP contribution >= 0.6 is 0 Å².